The van der Waals surface area contributed by atoms with Crippen LogP contribution in [0.15, 0.2) is 28.0 Å². The highest BCUT2D eigenvalue weighted by atomic mass is 32.2. The van der Waals surface area contributed by atoms with Gasteiger partial charge in [-0.05, 0) is 25.5 Å². The molecule has 10 heteroatoms. The van der Waals surface area contributed by atoms with Crippen molar-refractivity contribution in [1.29, 1.82) is 0 Å². The van der Waals surface area contributed by atoms with E-state index in [1.54, 1.807) is 41.8 Å². The molecular weight excluding hydrogens is 364 g/mol. The van der Waals surface area contributed by atoms with Crippen LogP contribution in [0.1, 0.15) is 13.3 Å². The second kappa shape index (κ2) is 6.83. The Labute approximate surface area is 150 Å². The number of hydrogen-bond acceptors (Lipinski definition) is 7. The summed E-state index contributed by atoms with van der Waals surface area (Å²) in [5.74, 6) is 1.26. The first-order chi connectivity index (χ1) is 11.8. The average molecular weight is 384 g/mol. The van der Waals surface area contributed by atoms with Gasteiger partial charge < -0.3 is 13.9 Å². The number of carbonyl (C=O) groups is 1. The molecule has 1 fully saturated rings. The van der Waals surface area contributed by atoms with Crippen LogP contribution in [0.4, 0.5) is 0 Å². The van der Waals surface area contributed by atoms with E-state index >= 15 is 0 Å². The monoisotopic (exact) mass is 384 g/mol. The Balaban J connectivity index is 1.68. The first-order valence-corrected chi connectivity index (χ1v) is 10.6. The standard InChI is InChI=1S/C15H20N4O4S2/c1-10(14(20)18(2)11-6-8-25(21,22)9-11)24-15-17-16-13(19(15)3)12-5-4-7-23-12/h4-5,7,10-11H,6,8-9H2,1-3H3/t10-,11-/m1/s1. The zero-order valence-electron chi connectivity index (χ0n) is 14.2. The van der Waals surface area contributed by atoms with Gasteiger partial charge in [-0.15, -0.1) is 10.2 Å². The lowest BCUT2D eigenvalue weighted by molar-refractivity contribution is -0.130. The van der Waals surface area contributed by atoms with E-state index in [1.807, 2.05) is 7.05 Å². The van der Waals surface area contributed by atoms with Gasteiger partial charge in [0.05, 0.1) is 23.0 Å². The van der Waals surface area contributed by atoms with Crippen molar-refractivity contribution >= 4 is 27.5 Å². The summed E-state index contributed by atoms with van der Waals surface area (Å²) in [7, 11) is 0.448. The third kappa shape index (κ3) is 3.74. The minimum Gasteiger partial charge on any atom is -0.461 e. The quantitative estimate of drug-likeness (QED) is 0.714. The van der Waals surface area contributed by atoms with Gasteiger partial charge in [0, 0.05) is 20.1 Å². The van der Waals surface area contributed by atoms with Gasteiger partial charge >= 0.3 is 0 Å². The SMILES string of the molecule is C[C@@H](Sc1nnc(-c2ccco2)n1C)C(=O)N(C)[C@@H]1CCS(=O)(=O)C1. The molecule has 3 heterocycles. The van der Waals surface area contributed by atoms with Crippen LogP contribution in [0.25, 0.3) is 11.6 Å². The molecule has 136 valence electrons. The van der Waals surface area contributed by atoms with E-state index in [9.17, 15) is 13.2 Å². The summed E-state index contributed by atoms with van der Waals surface area (Å²) < 4.78 is 30.3. The zero-order chi connectivity index (χ0) is 18.2. The van der Waals surface area contributed by atoms with Gasteiger partial charge in [0.15, 0.2) is 26.6 Å². The van der Waals surface area contributed by atoms with Gasteiger partial charge in [-0.1, -0.05) is 11.8 Å². The second-order valence-corrected chi connectivity index (χ2v) is 9.65. The molecule has 1 amide bonds. The van der Waals surface area contributed by atoms with Crippen molar-refractivity contribution in [1.82, 2.24) is 19.7 Å². The maximum atomic E-state index is 12.6. The molecule has 0 aliphatic carbocycles. The maximum absolute atomic E-state index is 12.6. The van der Waals surface area contributed by atoms with E-state index in [0.29, 0.717) is 23.2 Å². The van der Waals surface area contributed by atoms with Crippen molar-refractivity contribution in [2.45, 2.75) is 29.8 Å². The Morgan fingerprint density at radius 2 is 2.24 bits per heavy atom. The zero-order valence-corrected chi connectivity index (χ0v) is 15.9. The van der Waals surface area contributed by atoms with Gasteiger partial charge in [0.1, 0.15) is 0 Å². The number of hydrogen-bond donors (Lipinski definition) is 0. The van der Waals surface area contributed by atoms with Crippen LogP contribution in [0.3, 0.4) is 0 Å². The van der Waals surface area contributed by atoms with Crippen LogP contribution >= 0.6 is 11.8 Å². The van der Waals surface area contributed by atoms with Crippen molar-refractivity contribution in [3.63, 3.8) is 0 Å². The second-order valence-electron chi connectivity index (χ2n) is 6.11. The molecule has 2 aromatic heterocycles. The van der Waals surface area contributed by atoms with E-state index in [0.717, 1.165) is 0 Å². The third-order valence-corrected chi connectivity index (χ3v) is 7.18. The molecule has 1 saturated heterocycles. The Morgan fingerprint density at radius 1 is 1.48 bits per heavy atom. The van der Waals surface area contributed by atoms with E-state index in [-0.39, 0.29) is 23.5 Å². The molecule has 8 nitrogen and oxygen atoms in total. The van der Waals surface area contributed by atoms with Crippen molar-refractivity contribution < 1.29 is 17.6 Å². The summed E-state index contributed by atoms with van der Waals surface area (Å²) >= 11 is 1.29. The highest BCUT2D eigenvalue weighted by molar-refractivity contribution is 8.00. The number of nitrogens with zero attached hydrogens (tertiary/aromatic N) is 4. The van der Waals surface area contributed by atoms with Gasteiger partial charge in [0.2, 0.25) is 5.91 Å². The number of thioether (sulfide) groups is 1. The van der Waals surface area contributed by atoms with Crippen molar-refractivity contribution in [2.75, 3.05) is 18.6 Å². The molecule has 1 aliphatic heterocycles. The predicted octanol–water partition coefficient (Wildman–Crippen LogP) is 1.20. The Bertz CT molecular complexity index is 860. The first-order valence-electron chi connectivity index (χ1n) is 7.85. The minimum absolute atomic E-state index is 0.0409. The lowest BCUT2D eigenvalue weighted by atomic mass is 10.2. The molecule has 0 saturated carbocycles. The summed E-state index contributed by atoms with van der Waals surface area (Å²) in [6.07, 6.45) is 2.06. The number of sulfone groups is 1. The summed E-state index contributed by atoms with van der Waals surface area (Å²) in [6, 6.07) is 3.31. The van der Waals surface area contributed by atoms with Crippen LogP contribution in [-0.2, 0) is 21.7 Å². The van der Waals surface area contributed by atoms with Gasteiger partial charge in [0.25, 0.3) is 0 Å². The molecule has 0 aromatic carbocycles. The predicted molar refractivity (Wildman–Crippen MR) is 93.9 cm³/mol. The van der Waals surface area contributed by atoms with Crippen LogP contribution in [0, 0.1) is 0 Å². The van der Waals surface area contributed by atoms with Crippen LogP contribution < -0.4 is 0 Å². The summed E-state index contributed by atoms with van der Waals surface area (Å²) in [5, 5.41) is 8.42. The molecule has 0 radical (unpaired) electrons. The van der Waals surface area contributed by atoms with Gasteiger partial charge in [-0.2, -0.15) is 0 Å². The largest absolute Gasteiger partial charge is 0.461 e. The molecule has 1 aliphatic rings. The molecule has 2 aromatic rings. The summed E-state index contributed by atoms with van der Waals surface area (Å²) in [6.45, 7) is 1.79. The molecular formula is C15H20N4O4S2. The first kappa shape index (κ1) is 18.0. The van der Waals surface area contributed by atoms with Crippen molar-refractivity contribution in [2.24, 2.45) is 7.05 Å². The Morgan fingerprint density at radius 3 is 2.84 bits per heavy atom. The van der Waals surface area contributed by atoms with E-state index in [2.05, 4.69) is 10.2 Å². The average Bonchev–Trinajstić information content (AvgIpc) is 3.27. The lowest BCUT2D eigenvalue weighted by Gasteiger charge is -2.26. The molecule has 0 spiro atoms. The smallest absolute Gasteiger partial charge is 0.235 e. The molecule has 2 atom stereocenters. The number of carbonyl (C=O) groups excluding carboxylic acids is 1. The van der Waals surface area contributed by atoms with Gasteiger partial charge in [-0.3, -0.25) is 4.79 Å². The summed E-state index contributed by atoms with van der Waals surface area (Å²) in [4.78, 5) is 14.2. The fourth-order valence-corrected chi connectivity index (χ4v) is 5.48. The third-order valence-electron chi connectivity index (χ3n) is 4.31. The van der Waals surface area contributed by atoms with E-state index < -0.39 is 15.1 Å². The molecule has 0 bridgehead atoms. The van der Waals surface area contributed by atoms with E-state index in [1.165, 1.54) is 11.8 Å². The number of rotatable bonds is 5. The van der Waals surface area contributed by atoms with Crippen molar-refractivity contribution in [3.8, 4) is 11.6 Å². The molecule has 25 heavy (non-hydrogen) atoms. The van der Waals surface area contributed by atoms with Crippen LogP contribution in [-0.4, -0.2) is 63.8 Å². The lowest BCUT2D eigenvalue weighted by Crippen LogP contribution is -2.41. The highest BCUT2D eigenvalue weighted by Crippen LogP contribution is 2.27. The highest BCUT2D eigenvalue weighted by Gasteiger charge is 2.34. The normalized spacial score (nSPS) is 20.5. The maximum Gasteiger partial charge on any atom is 0.235 e. The van der Waals surface area contributed by atoms with Crippen molar-refractivity contribution in [3.05, 3.63) is 18.4 Å². The Kier molecular flexibility index (Phi) is 4.92. The topological polar surface area (TPSA) is 98.3 Å². The number of aromatic nitrogens is 3. The Hall–Kier alpha value is -1.81. The number of amides is 1. The molecule has 0 N–H and O–H groups in total. The molecule has 0 unspecified atom stereocenters. The molecule has 3 rings (SSSR count). The van der Waals surface area contributed by atoms with Crippen LogP contribution in [0.2, 0.25) is 0 Å². The summed E-state index contributed by atoms with van der Waals surface area (Å²) in [5.41, 5.74) is 0. The van der Waals surface area contributed by atoms with E-state index in [4.69, 9.17) is 4.42 Å². The van der Waals surface area contributed by atoms with Crippen LogP contribution in [0.5, 0.6) is 0 Å². The minimum atomic E-state index is -3.02. The fourth-order valence-electron chi connectivity index (χ4n) is 2.79. The number of furan rings is 1. The fraction of sp³-hybridized carbons (Fsp3) is 0.533. The van der Waals surface area contributed by atoms with Gasteiger partial charge in [-0.25, -0.2) is 8.42 Å².